The fourth-order valence-corrected chi connectivity index (χ4v) is 12.4. The van der Waals surface area contributed by atoms with Crippen molar-refractivity contribution in [3.05, 3.63) is 11.6 Å². The van der Waals surface area contributed by atoms with E-state index in [1.807, 2.05) is 0 Å². The lowest BCUT2D eigenvalue weighted by atomic mass is 9.33. The SMILES string of the molecule is CN1CCN(CCCNC(=O)[C@]23CCC(C)(C)C[C@H]2C2=CC[C@@H]4[C@@]5(C)CC[C@H](O)C(C)(C)[C@@H]5CC[C@@]4(C)[C@]2(C)CC3)CC1. The number of amides is 1. The Hall–Kier alpha value is -0.910. The van der Waals surface area contributed by atoms with E-state index in [4.69, 9.17) is 0 Å². The summed E-state index contributed by atoms with van der Waals surface area (Å²) < 4.78 is 0. The first-order valence-electron chi connectivity index (χ1n) is 18.2. The van der Waals surface area contributed by atoms with E-state index in [1.165, 1.54) is 12.8 Å². The van der Waals surface area contributed by atoms with E-state index in [-0.39, 0.29) is 38.6 Å². The summed E-state index contributed by atoms with van der Waals surface area (Å²) >= 11 is 0. The summed E-state index contributed by atoms with van der Waals surface area (Å²) in [6.07, 6.45) is 14.8. The summed E-state index contributed by atoms with van der Waals surface area (Å²) in [4.78, 5) is 19.3. The van der Waals surface area contributed by atoms with Gasteiger partial charge in [-0.05, 0) is 129 Å². The van der Waals surface area contributed by atoms with E-state index in [1.54, 1.807) is 5.57 Å². The van der Waals surface area contributed by atoms with E-state index in [0.29, 0.717) is 23.7 Å². The highest BCUT2D eigenvalue weighted by Crippen LogP contribution is 2.75. The van der Waals surface area contributed by atoms with Crippen molar-refractivity contribution in [1.29, 1.82) is 0 Å². The normalized spacial score (nSPS) is 46.0. The zero-order valence-electron chi connectivity index (χ0n) is 29.2. The number of aliphatic hydroxyl groups excluding tert-OH is 1. The van der Waals surface area contributed by atoms with Crippen LogP contribution in [0.5, 0.6) is 0 Å². The molecule has 1 amide bonds. The molecule has 0 spiro atoms. The smallest absolute Gasteiger partial charge is 0.226 e. The highest BCUT2D eigenvalue weighted by Gasteiger charge is 2.69. The zero-order valence-corrected chi connectivity index (χ0v) is 29.2. The molecule has 5 aliphatic carbocycles. The minimum absolute atomic E-state index is 0.0171. The van der Waals surface area contributed by atoms with Gasteiger partial charge in [-0.3, -0.25) is 4.79 Å². The van der Waals surface area contributed by atoms with Gasteiger partial charge in [-0.25, -0.2) is 0 Å². The third-order valence-corrected chi connectivity index (χ3v) is 15.6. The largest absolute Gasteiger partial charge is 0.393 e. The number of allylic oxidation sites excluding steroid dienone is 2. The van der Waals surface area contributed by atoms with Crippen molar-refractivity contribution in [2.75, 3.05) is 46.3 Å². The van der Waals surface area contributed by atoms with Gasteiger partial charge in [-0.15, -0.1) is 0 Å². The number of carbonyl (C=O) groups is 1. The molecule has 1 heterocycles. The van der Waals surface area contributed by atoms with Crippen LogP contribution in [0.15, 0.2) is 11.6 Å². The number of hydrogen-bond acceptors (Lipinski definition) is 4. The van der Waals surface area contributed by atoms with Gasteiger partial charge in [0.2, 0.25) is 5.91 Å². The molecule has 5 fully saturated rings. The average molecular weight is 596 g/mol. The Kier molecular flexibility index (Phi) is 8.07. The second-order valence-corrected chi connectivity index (χ2v) is 18.5. The minimum atomic E-state index is -0.240. The molecule has 0 bridgehead atoms. The highest BCUT2D eigenvalue weighted by molar-refractivity contribution is 5.84. The Balaban J connectivity index is 1.24. The van der Waals surface area contributed by atoms with Gasteiger partial charge in [0.25, 0.3) is 0 Å². The fourth-order valence-electron chi connectivity index (χ4n) is 12.4. The van der Waals surface area contributed by atoms with Crippen molar-refractivity contribution >= 4 is 5.91 Å². The molecule has 0 aromatic rings. The molecule has 6 aliphatic rings. The third kappa shape index (κ3) is 4.91. The molecule has 244 valence electrons. The van der Waals surface area contributed by atoms with Crippen LogP contribution in [0.1, 0.15) is 119 Å². The zero-order chi connectivity index (χ0) is 31.1. The molecule has 0 radical (unpaired) electrons. The first-order valence-corrected chi connectivity index (χ1v) is 18.2. The summed E-state index contributed by atoms with van der Waals surface area (Å²) in [5.74, 6) is 1.95. The van der Waals surface area contributed by atoms with Crippen molar-refractivity contribution in [3.8, 4) is 0 Å². The van der Waals surface area contributed by atoms with E-state index in [2.05, 4.69) is 76.7 Å². The molecular weight excluding hydrogens is 530 g/mol. The fraction of sp³-hybridized carbons (Fsp3) is 0.921. The molecule has 43 heavy (non-hydrogen) atoms. The van der Waals surface area contributed by atoms with Crippen molar-refractivity contribution in [1.82, 2.24) is 15.1 Å². The maximum absolute atomic E-state index is 14.4. The van der Waals surface area contributed by atoms with Gasteiger partial charge in [-0.1, -0.05) is 60.1 Å². The van der Waals surface area contributed by atoms with Crippen LogP contribution in [0.4, 0.5) is 0 Å². The predicted octanol–water partition coefficient (Wildman–Crippen LogP) is 6.90. The molecule has 2 N–H and O–H groups in total. The van der Waals surface area contributed by atoms with Crippen LogP contribution in [0, 0.1) is 50.2 Å². The van der Waals surface area contributed by atoms with Gasteiger partial charge >= 0.3 is 0 Å². The molecule has 0 aromatic carbocycles. The predicted molar refractivity (Wildman–Crippen MR) is 177 cm³/mol. The molecule has 8 atom stereocenters. The molecule has 1 saturated heterocycles. The van der Waals surface area contributed by atoms with Crippen LogP contribution in [0.25, 0.3) is 0 Å². The quantitative estimate of drug-likeness (QED) is 0.268. The van der Waals surface area contributed by atoms with Crippen molar-refractivity contribution in [3.63, 3.8) is 0 Å². The van der Waals surface area contributed by atoms with Crippen LogP contribution < -0.4 is 5.32 Å². The monoisotopic (exact) mass is 596 g/mol. The van der Waals surface area contributed by atoms with Gasteiger partial charge in [0.05, 0.1) is 11.5 Å². The van der Waals surface area contributed by atoms with Gasteiger partial charge in [-0.2, -0.15) is 0 Å². The van der Waals surface area contributed by atoms with E-state index >= 15 is 0 Å². The van der Waals surface area contributed by atoms with Gasteiger partial charge in [0.15, 0.2) is 0 Å². The molecule has 0 aromatic heterocycles. The Morgan fingerprint density at radius 1 is 0.907 bits per heavy atom. The molecule has 6 rings (SSSR count). The Labute approximate surface area is 264 Å². The Morgan fingerprint density at radius 3 is 2.33 bits per heavy atom. The number of nitrogens with one attached hydrogen (secondary N) is 1. The number of aliphatic hydroxyl groups is 1. The van der Waals surface area contributed by atoms with Crippen LogP contribution in [-0.4, -0.2) is 73.2 Å². The van der Waals surface area contributed by atoms with Crippen LogP contribution in [-0.2, 0) is 4.79 Å². The van der Waals surface area contributed by atoms with Crippen LogP contribution >= 0.6 is 0 Å². The molecule has 0 unspecified atom stereocenters. The topological polar surface area (TPSA) is 55.8 Å². The minimum Gasteiger partial charge on any atom is -0.393 e. The third-order valence-electron chi connectivity index (χ3n) is 15.6. The van der Waals surface area contributed by atoms with Gasteiger partial charge in [0.1, 0.15) is 0 Å². The first kappa shape index (κ1) is 32.0. The van der Waals surface area contributed by atoms with Crippen molar-refractivity contribution in [2.45, 2.75) is 125 Å². The molecular formula is C38H65N3O2. The molecule has 5 heteroatoms. The number of likely N-dealkylation sites (N-methyl/N-ethyl adjacent to an activating group) is 1. The lowest BCUT2D eigenvalue weighted by Gasteiger charge is -2.71. The number of carbonyl (C=O) groups excluding carboxylic acids is 1. The number of nitrogens with zero attached hydrogens (tertiary/aromatic N) is 2. The summed E-state index contributed by atoms with van der Waals surface area (Å²) in [6.45, 7) is 24.0. The van der Waals surface area contributed by atoms with E-state index in [0.717, 1.165) is 97.1 Å². The van der Waals surface area contributed by atoms with Crippen molar-refractivity contribution < 1.29 is 9.90 Å². The van der Waals surface area contributed by atoms with Crippen LogP contribution in [0.2, 0.25) is 0 Å². The Bertz CT molecular complexity index is 1110. The number of hydrogen-bond donors (Lipinski definition) is 2. The van der Waals surface area contributed by atoms with Crippen LogP contribution in [0.3, 0.4) is 0 Å². The summed E-state index contributed by atoms with van der Waals surface area (Å²) in [6, 6.07) is 0. The lowest BCUT2D eigenvalue weighted by molar-refractivity contribution is -0.203. The number of fused-ring (bicyclic) bond motifs is 7. The maximum atomic E-state index is 14.4. The van der Waals surface area contributed by atoms with Gasteiger partial charge < -0.3 is 20.2 Å². The molecule has 1 aliphatic heterocycles. The standard InChI is InChI=1S/C38H65N3O2/c1-33(2)16-18-38(32(43)39-20-9-21-41-24-22-40(8)23-25-41)19-17-36(6)27(28(38)26-33)10-11-30-35(5)14-13-31(42)34(3,4)29(35)12-15-37(30,36)7/h10,28-31,42H,9,11-26H2,1-8H3,(H,39,43)/t28-,29-,30+,31-,35-,36+,37+,38-/m0/s1. The summed E-state index contributed by atoms with van der Waals surface area (Å²) in [7, 11) is 2.21. The lowest BCUT2D eigenvalue weighted by Crippen LogP contribution is -2.65. The number of piperazine rings is 1. The summed E-state index contributed by atoms with van der Waals surface area (Å²) in [5, 5.41) is 14.6. The maximum Gasteiger partial charge on any atom is 0.226 e. The second kappa shape index (κ2) is 10.8. The molecule has 4 saturated carbocycles. The van der Waals surface area contributed by atoms with Gasteiger partial charge in [0, 0.05) is 32.7 Å². The Morgan fingerprint density at radius 2 is 1.60 bits per heavy atom. The molecule has 5 nitrogen and oxygen atoms in total. The van der Waals surface area contributed by atoms with E-state index < -0.39 is 0 Å². The highest BCUT2D eigenvalue weighted by atomic mass is 16.3. The number of rotatable bonds is 5. The van der Waals surface area contributed by atoms with E-state index in [9.17, 15) is 9.90 Å². The van der Waals surface area contributed by atoms with Crippen molar-refractivity contribution in [2.24, 2.45) is 50.2 Å². The first-order chi connectivity index (χ1) is 20.1. The average Bonchev–Trinajstić information content (AvgIpc) is 2.94. The second-order valence-electron chi connectivity index (χ2n) is 18.5. The summed E-state index contributed by atoms with van der Waals surface area (Å²) in [5.41, 5.74) is 2.34.